The molecule has 0 aliphatic heterocycles. The molecule has 2 heterocycles. The van der Waals surface area contributed by atoms with Gasteiger partial charge in [0.1, 0.15) is 16.3 Å². The summed E-state index contributed by atoms with van der Waals surface area (Å²) in [6.45, 7) is 5.18. The number of hydrogen-bond acceptors (Lipinski definition) is 8. The summed E-state index contributed by atoms with van der Waals surface area (Å²) in [5, 5.41) is 12.3. The lowest BCUT2D eigenvalue weighted by Gasteiger charge is -2.12. The largest absolute Gasteiger partial charge is 0.462 e. The van der Waals surface area contributed by atoms with Gasteiger partial charge in [-0.15, -0.1) is 21.5 Å². The Bertz CT molecular complexity index is 1110. The molecule has 0 fully saturated rings. The number of thiophene rings is 1. The number of nitrogens with zero attached hydrogens (tertiary/aromatic N) is 2. The Labute approximate surface area is 181 Å². The van der Waals surface area contributed by atoms with Crippen LogP contribution in [-0.2, 0) is 9.53 Å². The van der Waals surface area contributed by atoms with Gasteiger partial charge >= 0.3 is 5.97 Å². The Morgan fingerprint density at radius 1 is 1.27 bits per heavy atom. The molecular weight excluding hydrogens is 424 g/mol. The van der Waals surface area contributed by atoms with Crippen LogP contribution in [0.25, 0.3) is 11.1 Å². The molecule has 3 aromatic rings. The number of nitrogens with one attached hydrogen (secondary N) is 2. The molecule has 156 valence electrons. The van der Waals surface area contributed by atoms with E-state index < -0.39 is 11.2 Å². The lowest BCUT2D eigenvalue weighted by molar-refractivity contribution is -0.115. The first-order valence-electron chi connectivity index (χ1n) is 9.15. The average molecular weight is 445 g/mol. The van der Waals surface area contributed by atoms with Gasteiger partial charge in [0, 0.05) is 10.9 Å². The minimum absolute atomic E-state index is 0.224. The van der Waals surface area contributed by atoms with Crippen LogP contribution in [0.1, 0.15) is 29.9 Å². The maximum Gasteiger partial charge on any atom is 0.341 e. The third-order valence-electron chi connectivity index (χ3n) is 4.09. The van der Waals surface area contributed by atoms with Gasteiger partial charge in [0.25, 0.3) is 5.56 Å². The highest BCUT2D eigenvalue weighted by Gasteiger charge is 2.25. The molecule has 0 unspecified atom stereocenters. The number of carbonyl (C=O) groups excluding carboxylic acids is 2. The van der Waals surface area contributed by atoms with E-state index in [0.717, 1.165) is 17.3 Å². The Balaban J connectivity index is 1.83. The van der Waals surface area contributed by atoms with Gasteiger partial charge < -0.3 is 10.1 Å². The van der Waals surface area contributed by atoms with Gasteiger partial charge in [0.15, 0.2) is 5.16 Å². The summed E-state index contributed by atoms with van der Waals surface area (Å²) < 4.78 is 5.20. The van der Waals surface area contributed by atoms with Crippen LogP contribution in [-0.4, -0.2) is 38.9 Å². The fourth-order valence-electron chi connectivity index (χ4n) is 2.55. The molecule has 1 atom stereocenters. The van der Waals surface area contributed by atoms with Crippen molar-refractivity contribution < 1.29 is 14.3 Å². The van der Waals surface area contributed by atoms with Crippen molar-refractivity contribution in [1.29, 1.82) is 0 Å². The Hall–Kier alpha value is -2.98. The summed E-state index contributed by atoms with van der Waals surface area (Å²) in [4.78, 5) is 39.6. The number of rotatable bonds is 7. The summed E-state index contributed by atoms with van der Waals surface area (Å²) in [7, 11) is 0. The van der Waals surface area contributed by atoms with Crippen LogP contribution in [0.5, 0.6) is 0 Å². The van der Waals surface area contributed by atoms with Gasteiger partial charge in [0.2, 0.25) is 5.91 Å². The molecule has 30 heavy (non-hydrogen) atoms. The second-order valence-electron chi connectivity index (χ2n) is 6.23. The van der Waals surface area contributed by atoms with E-state index in [1.165, 1.54) is 11.3 Å². The number of ether oxygens (including phenoxy) is 1. The predicted molar refractivity (Wildman–Crippen MR) is 117 cm³/mol. The number of aromatic nitrogens is 3. The van der Waals surface area contributed by atoms with Gasteiger partial charge in [-0.3, -0.25) is 14.6 Å². The van der Waals surface area contributed by atoms with Crippen molar-refractivity contribution in [2.45, 2.75) is 31.2 Å². The zero-order chi connectivity index (χ0) is 21.7. The highest BCUT2D eigenvalue weighted by molar-refractivity contribution is 8.00. The van der Waals surface area contributed by atoms with E-state index in [2.05, 4.69) is 20.5 Å². The van der Waals surface area contributed by atoms with Crippen LogP contribution < -0.4 is 10.9 Å². The van der Waals surface area contributed by atoms with E-state index in [1.54, 1.807) is 20.8 Å². The van der Waals surface area contributed by atoms with Gasteiger partial charge in [-0.05, 0) is 26.3 Å². The molecule has 0 aliphatic carbocycles. The molecule has 0 saturated carbocycles. The second-order valence-corrected chi connectivity index (χ2v) is 8.44. The Kier molecular flexibility index (Phi) is 7.01. The zero-order valence-electron chi connectivity index (χ0n) is 16.6. The third-order valence-corrected chi connectivity index (χ3v) is 5.96. The van der Waals surface area contributed by atoms with Crippen LogP contribution in [0, 0.1) is 6.92 Å². The standard InChI is InChI=1S/C20H20N4O4S2/c1-4-28-19(27)15-14(13-8-6-5-7-9-13)10-29-18(15)21-17(26)12(3)30-20-22-16(25)11(2)23-24-20/h5-10,12H,4H2,1-3H3,(H,21,26)(H,22,24,25)/t12-/m1/s1. The number of aryl methyl sites for hydroxylation is 1. The lowest BCUT2D eigenvalue weighted by atomic mass is 10.0. The van der Waals surface area contributed by atoms with E-state index >= 15 is 0 Å². The molecule has 0 aliphatic rings. The maximum absolute atomic E-state index is 12.7. The molecular formula is C20H20N4O4S2. The fourth-order valence-corrected chi connectivity index (χ4v) is 4.25. The third kappa shape index (κ3) is 4.95. The molecule has 1 amide bonds. The number of aromatic amines is 1. The average Bonchev–Trinajstić information content (AvgIpc) is 3.15. The van der Waals surface area contributed by atoms with E-state index in [0.29, 0.717) is 16.1 Å². The monoisotopic (exact) mass is 444 g/mol. The molecule has 0 saturated heterocycles. The van der Waals surface area contributed by atoms with Crippen LogP contribution >= 0.6 is 23.1 Å². The highest BCUT2D eigenvalue weighted by Crippen LogP contribution is 2.36. The first-order chi connectivity index (χ1) is 14.4. The van der Waals surface area contributed by atoms with Crippen molar-refractivity contribution in [3.05, 3.63) is 57.3 Å². The number of esters is 1. The molecule has 0 radical (unpaired) electrons. The van der Waals surface area contributed by atoms with Crippen molar-refractivity contribution >= 4 is 40.0 Å². The van der Waals surface area contributed by atoms with Crippen LogP contribution in [0.2, 0.25) is 0 Å². The number of carbonyl (C=O) groups is 2. The molecule has 3 rings (SSSR count). The number of hydrogen-bond donors (Lipinski definition) is 2. The summed E-state index contributed by atoms with van der Waals surface area (Å²) in [6, 6.07) is 9.42. The van der Waals surface area contributed by atoms with Gasteiger partial charge in [-0.2, -0.15) is 0 Å². The number of H-pyrrole nitrogens is 1. The topological polar surface area (TPSA) is 114 Å². The van der Waals surface area contributed by atoms with Crippen molar-refractivity contribution in [3.63, 3.8) is 0 Å². The number of anilines is 1. The van der Waals surface area contributed by atoms with Crippen molar-refractivity contribution in [2.24, 2.45) is 0 Å². The lowest BCUT2D eigenvalue weighted by Crippen LogP contribution is -2.24. The summed E-state index contributed by atoms with van der Waals surface area (Å²) in [5.74, 6) is -0.836. The summed E-state index contributed by atoms with van der Waals surface area (Å²) in [5.41, 5.74) is 1.77. The maximum atomic E-state index is 12.7. The predicted octanol–water partition coefficient (Wildman–Crippen LogP) is 3.50. The van der Waals surface area contributed by atoms with Gasteiger partial charge in [0.05, 0.1) is 11.9 Å². The highest BCUT2D eigenvalue weighted by atomic mass is 32.2. The smallest absolute Gasteiger partial charge is 0.341 e. The molecule has 8 nitrogen and oxygen atoms in total. The van der Waals surface area contributed by atoms with E-state index in [4.69, 9.17) is 4.74 Å². The normalized spacial score (nSPS) is 11.7. The number of amides is 1. The first-order valence-corrected chi connectivity index (χ1v) is 10.9. The van der Waals surface area contributed by atoms with Gasteiger partial charge in [-0.25, -0.2) is 4.79 Å². The number of benzene rings is 1. The van der Waals surface area contributed by atoms with Crippen LogP contribution in [0.3, 0.4) is 0 Å². The van der Waals surface area contributed by atoms with E-state index in [9.17, 15) is 14.4 Å². The van der Waals surface area contributed by atoms with Crippen molar-refractivity contribution in [2.75, 3.05) is 11.9 Å². The van der Waals surface area contributed by atoms with Gasteiger partial charge in [-0.1, -0.05) is 42.1 Å². The summed E-state index contributed by atoms with van der Waals surface area (Å²) >= 11 is 2.32. The minimum atomic E-state index is -0.588. The second kappa shape index (κ2) is 9.68. The fraction of sp³-hybridized carbons (Fsp3) is 0.250. The number of thioether (sulfide) groups is 1. The zero-order valence-corrected chi connectivity index (χ0v) is 18.2. The molecule has 2 aromatic heterocycles. The molecule has 10 heteroatoms. The van der Waals surface area contributed by atoms with E-state index in [-0.39, 0.29) is 28.9 Å². The van der Waals surface area contributed by atoms with Crippen molar-refractivity contribution in [1.82, 2.24) is 15.2 Å². The molecule has 2 N–H and O–H groups in total. The molecule has 1 aromatic carbocycles. The Morgan fingerprint density at radius 3 is 2.67 bits per heavy atom. The molecule has 0 spiro atoms. The van der Waals surface area contributed by atoms with Crippen LogP contribution in [0.4, 0.5) is 5.00 Å². The summed E-state index contributed by atoms with van der Waals surface area (Å²) in [6.07, 6.45) is 0. The minimum Gasteiger partial charge on any atom is -0.462 e. The van der Waals surface area contributed by atoms with Crippen LogP contribution in [0.15, 0.2) is 45.7 Å². The molecule has 0 bridgehead atoms. The SMILES string of the molecule is CCOC(=O)c1c(-c2ccccc2)csc1NC(=O)[C@@H](C)Sc1nnc(C)c(=O)[nH]1. The first kappa shape index (κ1) is 21.7. The van der Waals surface area contributed by atoms with E-state index in [1.807, 2.05) is 35.7 Å². The Morgan fingerprint density at radius 2 is 2.00 bits per heavy atom. The quantitative estimate of drug-likeness (QED) is 0.423. The van der Waals surface area contributed by atoms with Crippen molar-refractivity contribution in [3.8, 4) is 11.1 Å².